The lowest BCUT2D eigenvalue weighted by Crippen LogP contribution is -2.47. The second-order valence-electron chi connectivity index (χ2n) is 8.71. The van der Waals surface area contributed by atoms with Crippen LogP contribution in [0.15, 0.2) is 71.3 Å². The summed E-state index contributed by atoms with van der Waals surface area (Å²) in [5.41, 5.74) is 1.38. The number of nitrogens with zero attached hydrogens (tertiary/aromatic N) is 1. The lowest BCUT2D eigenvalue weighted by molar-refractivity contribution is -0.123. The smallest absolute Gasteiger partial charge is 0.337 e. The summed E-state index contributed by atoms with van der Waals surface area (Å²) < 4.78 is 15.5. The topological polar surface area (TPSA) is 98.1 Å². The molecule has 1 N–H and O–H groups in total. The van der Waals surface area contributed by atoms with Crippen molar-refractivity contribution in [2.24, 2.45) is 0 Å². The number of carbonyl (C=O) groups excluding carboxylic acids is 3. The number of furan rings is 1. The first kappa shape index (κ1) is 25.0. The molecule has 3 aromatic rings. The Labute approximate surface area is 210 Å². The molecule has 0 unspecified atom stereocenters. The van der Waals surface area contributed by atoms with Crippen LogP contribution in [0.4, 0.5) is 5.69 Å². The van der Waals surface area contributed by atoms with E-state index in [0.717, 1.165) is 32.1 Å². The number of carbonyl (C=O) groups is 3. The Hall–Kier alpha value is -4.07. The molecule has 0 bridgehead atoms. The number of amides is 2. The van der Waals surface area contributed by atoms with E-state index in [-0.39, 0.29) is 17.7 Å². The van der Waals surface area contributed by atoms with Crippen molar-refractivity contribution in [3.63, 3.8) is 0 Å². The lowest BCUT2D eigenvalue weighted by Gasteiger charge is -2.33. The van der Waals surface area contributed by atoms with Gasteiger partial charge in [-0.3, -0.25) is 14.5 Å². The predicted octanol–water partition coefficient (Wildman–Crippen LogP) is 4.91. The molecule has 8 heteroatoms. The van der Waals surface area contributed by atoms with Crippen LogP contribution in [0.2, 0.25) is 0 Å². The van der Waals surface area contributed by atoms with Crippen LogP contribution in [0.25, 0.3) is 0 Å². The third-order valence-electron chi connectivity index (χ3n) is 6.41. The summed E-state index contributed by atoms with van der Waals surface area (Å²) in [5, 5.41) is 3.17. The number of rotatable bonds is 8. The molecule has 1 aromatic heterocycles. The van der Waals surface area contributed by atoms with E-state index in [2.05, 4.69) is 5.32 Å². The van der Waals surface area contributed by atoms with Gasteiger partial charge in [0.25, 0.3) is 5.91 Å². The van der Waals surface area contributed by atoms with E-state index in [1.165, 1.54) is 18.3 Å². The third-order valence-corrected chi connectivity index (χ3v) is 6.41. The number of benzene rings is 2. The molecular formula is C28H30N2O6. The quantitative estimate of drug-likeness (QED) is 0.451. The van der Waals surface area contributed by atoms with E-state index in [9.17, 15) is 14.4 Å². The van der Waals surface area contributed by atoms with E-state index in [1.54, 1.807) is 67.8 Å². The molecule has 4 rings (SSSR count). The van der Waals surface area contributed by atoms with Crippen molar-refractivity contribution in [3.8, 4) is 5.75 Å². The van der Waals surface area contributed by atoms with Gasteiger partial charge in [-0.1, -0.05) is 31.4 Å². The van der Waals surface area contributed by atoms with Crippen molar-refractivity contribution in [2.75, 3.05) is 19.1 Å². The zero-order valence-corrected chi connectivity index (χ0v) is 20.4. The Balaban J connectivity index is 1.78. The van der Waals surface area contributed by atoms with Gasteiger partial charge in [0, 0.05) is 11.7 Å². The SMILES string of the molecule is COC(=O)c1ccc(N(C(=O)c2ccco2)[C@@H](C(=O)NC2CCCCC2)c2ccc(OC)cc2)cc1. The van der Waals surface area contributed by atoms with Gasteiger partial charge in [0.05, 0.1) is 26.0 Å². The maximum atomic E-state index is 13.8. The highest BCUT2D eigenvalue weighted by Gasteiger charge is 2.35. The van der Waals surface area contributed by atoms with E-state index in [1.807, 2.05) is 0 Å². The summed E-state index contributed by atoms with van der Waals surface area (Å²) in [5.74, 6) is -0.533. The average molecular weight is 491 g/mol. The lowest BCUT2D eigenvalue weighted by atomic mass is 9.94. The number of hydrogen-bond donors (Lipinski definition) is 1. The Morgan fingerprint density at radius 1 is 0.944 bits per heavy atom. The Morgan fingerprint density at radius 3 is 2.22 bits per heavy atom. The summed E-state index contributed by atoms with van der Waals surface area (Å²) in [6, 6.07) is 15.7. The van der Waals surface area contributed by atoms with Crippen molar-refractivity contribution >= 4 is 23.5 Å². The number of hydrogen-bond acceptors (Lipinski definition) is 6. The van der Waals surface area contributed by atoms with Crippen LogP contribution in [-0.4, -0.2) is 38.0 Å². The molecule has 1 aliphatic carbocycles. The van der Waals surface area contributed by atoms with Gasteiger partial charge in [-0.05, 0) is 66.9 Å². The molecule has 0 aliphatic heterocycles. The van der Waals surface area contributed by atoms with Crippen molar-refractivity contribution in [1.82, 2.24) is 5.32 Å². The maximum Gasteiger partial charge on any atom is 0.337 e. The van der Waals surface area contributed by atoms with Crippen molar-refractivity contribution < 1.29 is 28.3 Å². The number of nitrogens with one attached hydrogen (secondary N) is 1. The number of ether oxygens (including phenoxy) is 2. The van der Waals surface area contributed by atoms with Crippen LogP contribution in [0.3, 0.4) is 0 Å². The molecule has 36 heavy (non-hydrogen) atoms. The second-order valence-corrected chi connectivity index (χ2v) is 8.71. The molecule has 1 saturated carbocycles. The second kappa shape index (κ2) is 11.6. The van der Waals surface area contributed by atoms with E-state index in [0.29, 0.717) is 22.6 Å². The third kappa shape index (κ3) is 5.59. The van der Waals surface area contributed by atoms with Crippen LogP contribution < -0.4 is 15.0 Å². The zero-order valence-electron chi connectivity index (χ0n) is 20.4. The molecule has 1 atom stereocenters. The molecule has 1 heterocycles. The summed E-state index contributed by atoms with van der Waals surface area (Å²) >= 11 is 0. The van der Waals surface area contributed by atoms with Crippen LogP contribution in [-0.2, 0) is 9.53 Å². The summed E-state index contributed by atoms with van der Waals surface area (Å²) in [6.45, 7) is 0. The fraction of sp³-hybridized carbons (Fsp3) is 0.321. The molecule has 2 amide bonds. The Kier molecular flexibility index (Phi) is 8.05. The number of anilines is 1. The molecule has 1 aliphatic rings. The highest BCUT2D eigenvalue weighted by atomic mass is 16.5. The standard InChI is InChI=1S/C28H30N2O6/c1-34-23-16-12-19(13-17-23)25(26(31)29-21-7-4-3-5-8-21)30(27(32)24-9-6-18-36-24)22-14-10-20(11-15-22)28(33)35-2/h6,9-18,21,25H,3-5,7-8H2,1-2H3,(H,29,31)/t25-/m1/s1. The zero-order chi connectivity index (χ0) is 25.5. The van der Waals surface area contributed by atoms with Crippen molar-refractivity contribution in [1.29, 1.82) is 0 Å². The normalized spacial score (nSPS) is 14.5. The minimum Gasteiger partial charge on any atom is -0.497 e. The van der Waals surface area contributed by atoms with Crippen LogP contribution in [0.5, 0.6) is 5.75 Å². The Morgan fingerprint density at radius 2 is 1.64 bits per heavy atom. The summed E-state index contributed by atoms with van der Waals surface area (Å²) in [4.78, 5) is 41.0. The highest BCUT2D eigenvalue weighted by Crippen LogP contribution is 2.32. The van der Waals surface area contributed by atoms with Crippen LogP contribution in [0, 0.1) is 0 Å². The molecule has 188 valence electrons. The predicted molar refractivity (Wildman–Crippen MR) is 134 cm³/mol. The van der Waals surface area contributed by atoms with Gasteiger partial charge < -0.3 is 19.2 Å². The van der Waals surface area contributed by atoms with Crippen LogP contribution in [0.1, 0.15) is 64.6 Å². The largest absolute Gasteiger partial charge is 0.497 e. The fourth-order valence-electron chi connectivity index (χ4n) is 4.51. The monoisotopic (exact) mass is 490 g/mol. The molecule has 2 aromatic carbocycles. The summed E-state index contributed by atoms with van der Waals surface area (Å²) in [7, 11) is 2.87. The van der Waals surface area contributed by atoms with E-state index in [4.69, 9.17) is 13.9 Å². The molecule has 0 radical (unpaired) electrons. The van der Waals surface area contributed by atoms with Gasteiger partial charge in [0.15, 0.2) is 5.76 Å². The highest BCUT2D eigenvalue weighted by molar-refractivity contribution is 6.09. The van der Waals surface area contributed by atoms with Gasteiger partial charge in [0.1, 0.15) is 11.8 Å². The fourth-order valence-corrected chi connectivity index (χ4v) is 4.51. The molecule has 0 spiro atoms. The molecule has 0 saturated heterocycles. The first-order chi connectivity index (χ1) is 17.5. The minimum absolute atomic E-state index is 0.0502. The Bertz CT molecular complexity index is 1170. The number of esters is 1. The van der Waals surface area contributed by atoms with Crippen molar-refractivity contribution in [3.05, 3.63) is 83.8 Å². The van der Waals surface area contributed by atoms with Gasteiger partial charge in [0.2, 0.25) is 5.91 Å². The van der Waals surface area contributed by atoms with Crippen molar-refractivity contribution in [2.45, 2.75) is 44.2 Å². The molecule has 8 nitrogen and oxygen atoms in total. The average Bonchev–Trinajstić information content (AvgIpc) is 3.47. The van der Waals surface area contributed by atoms with Gasteiger partial charge in [-0.25, -0.2) is 4.79 Å². The first-order valence-electron chi connectivity index (χ1n) is 12.0. The van der Waals surface area contributed by atoms with Gasteiger partial charge in [-0.15, -0.1) is 0 Å². The van der Waals surface area contributed by atoms with Gasteiger partial charge >= 0.3 is 5.97 Å². The molecular weight excluding hydrogens is 460 g/mol. The van der Waals surface area contributed by atoms with Gasteiger partial charge in [-0.2, -0.15) is 0 Å². The molecule has 1 fully saturated rings. The summed E-state index contributed by atoms with van der Waals surface area (Å²) in [6.07, 6.45) is 6.49. The maximum absolute atomic E-state index is 13.8. The minimum atomic E-state index is -0.987. The first-order valence-corrected chi connectivity index (χ1v) is 12.0. The van der Waals surface area contributed by atoms with E-state index < -0.39 is 17.9 Å². The van der Waals surface area contributed by atoms with Crippen LogP contribution >= 0.6 is 0 Å². The number of methoxy groups -OCH3 is 2. The van der Waals surface area contributed by atoms with E-state index >= 15 is 0 Å².